The number of ether oxygens (including phenoxy) is 1. The Morgan fingerprint density at radius 2 is 1.40 bits per heavy atom. The number of carbonyl (C=O) groups is 1. The second-order valence-electron chi connectivity index (χ2n) is 6.43. The number of aromatic carboxylic acids is 1. The first-order valence-electron chi connectivity index (χ1n) is 9.45. The molecule has 1 aromatic carbocycles. The topological polar surface area (TPSA) is 87.0 Å². The van der Waals surface area contributed by atoms with Gasteiger partial charge < -0.3 is 20.1 Å². The van der Waals surface area contributed by atoms with Crippen molar-refractivity contribution in [3.05, 3.63) is 16.7 Å². The summed E-state index contributed by atoms with van der Waals surface area (Å²) in [5.74, 6) is -1.93. The van der Waals surface area contributed by atoms with Crippen molar-refractivity contribution in [3.8, 4) is 17.2 Å². The monoisotopic (exact) mass is 352 g/mol. The van der Waals surface area contributed by atoms with Crippen LogP contribution in [0.5, 0.6) is 17.2 Å². The molecule has 0 saturated carbocycles. The van der Waals surface area contributed by atoms with Gasteiger partial charge in [0.2, 0.25) is 0 Å². The highest BCUT2D eigenvalue weighted by molar-refractivity contribution is 5.96. The summed E-state index contributed by atoms with van der Waals surface area (Å²) >= 11 is 0. The average molecular weight is 352 g/mol. The fourth-order valence-corrected chi connectivity index (χ4v) is 3.00. The first-order chi connectivity index (χ1) is 12.0. The zero-order chi connectivity index (χ0) is 18.8. The first kappa shape index (κ1) is 21.1. The third-order valence-electron chi connectivity index (χ3n) is 4.34. The van der Waals surface area contributed by atoms with E-state index in [-0.39, 0.29) is 17.1 Å². The van der Waals surface area contributed by atoms with Crippen molar-refractivity contribution in [1.29, 1.82) is 0 Å². The van der Waals surface area contributed by atoms with E-state index in [2.05, 4.69) is 13.8 Å². The molecule has 0 radical (unpaired) electrons. The minimum Gasteiger partial charge on any atom is -0.504 e. The van der Waals surface area contributed by atoms with Crippen molar-refractivity contribution in [2.24, 2.45) is 0 Å². The van der Waals surface area contributed by atoms with Crippen LogP contribution in [0.2, 0.25) is 0 Å². The van der Waals surface area contributed by atoms with E-state index in [1.165, 1.54) is 0 Å². The number of carboxylic acids is 1. The molecule has 5 nitrogen and oxygen atoms in total. The molecule has 0 spiro atoms. The summed E-state index contributed by atoms with van der Waals surface area (Å²) in [6.07, 6.45) is 7.88. The van der Waals surface area contributed by atoms with Crippen LogP contribution in [-0.2, 0) is 12.8 Å². The lowest BCUT2D eigenvalue weighted by atomic mass is 9.92. The smallest absolute Gasteiger partial charge is 0.343 e. The van der Waals surface area contributed by atoms with Gasteiger partial charge in [-0.1, -0.05) is 46.5 Å². The van der Waals surface area contributed by atoms with Gasteiger partial charge in [-0.25, -0.2) is 4.79 Å². The predicted octanol–water partition coefficient (Wildman–Crippen LogP) is 5.05. The van der Waals surface area contributed by atoms with E-state index < -0.39 is 11.7 Å². The van der Waals surface area contributed by atoms with Crippen molar-refractivity contribution >= 4 is 5.97 Å². The van der Waals surface area contributed by atoms with Gasteiger partial charge in [0.25, 0.3) is 0 Å². The van der Waals surface area contributed by atoms with E-state index in [1.807, 2.05) is 6.92 Å². The number of carboxylic acid groups (broad SMARTS) is 1. The highest BCUT2D eigenvalue weighted by atomic mass is 16.5. The SMILES string of the molecule is CCCCCc1c(O)c(O)c(C(=O)O)c(OCCC)c1CCCCC. The van der Waals surface area contributed by atoms with Crippen LogP contribution >= 0.6 is 0 Å². The number of hydrogen-bond acceptors (Lipinski definition) is 4. The third-order valence-corrected chi connectivity index (χ3v) is 4.34. The van der Waals surface area contributed by atoms with Crippen LogP contribution in [0.4, 0.5) is 0 Å². The van der Waals surface area contributed by atoms with Crippen LogP contribution in [0.1, 0.15) is 87.2 Å². The van der Waals surface area contributed by atoms with Crippen molar-refractivity contribution in [2.75, 3.05) is 6.61 Å². The summed E-state index contributed by atoms with van der Waals surface area (Å²) < 4.78 is 5.74. The van der Waals surface area contributed by atoms with Crippen LogP contribution < -0.4 is 4.74 Å². The normalized spacial score (nSPS) is 10.8. The molecule has 0 unspecified atom stereocenters. The first-order valence-corrected chi connectivity index (χ1v) is 9.45. The standard InChI is InChI=1S/C20H32O5/c1-4-7-9-11-14-15(12-10-8-5-2)19(25-13-6-3)16(20(23)24)18(22)17(14)21/h21-22H,4-13H2,1-3H3,(H,23,24). The second kappa shape index (κ2) is 10.9. The maximum atomic E-state index is 11.7. The Hall–Kier alpha value is -1.91. The summed E-state index contributed by atoms with van der Waals surface area (Å²) in [5, 5.41) is 30.2. The van der Waals surface area contributed by atoms with Gasteiger partial charge in [-0.15, -0.1) is 0 Å². The minimum absolute atomic E-state index is 0.229. The summed E-state index contributed by atoms with van der Waals surface area (Å²) in [4.78, 5) is 11.7. The van der Waals surface area contributed by atoms with E-state index in [4.69, 9.17) is 4.74 Å². The van der Waals surface area contributed by atoms with E-state index in [9.17, 15) is 20.1 Å². The lowest BCUT2D eigenvalue weighted by Crippen LogP contribution is -2.10. The maximum Gasteiger partial charge on any atom is 0.343 e. The van der Waals surface area contributed by atoms with Gasteiger partial charge in [-0.3, -0.25) is 0 Å². The molecule has 1 rings (SSSR count). The van der Waals surface area contributed by atoms with E-state index >= 15 is 0 Å². The Morgan fingerprint density at radius 3 is 1.88 bits per heavy atom. The summed E-state index contributed by atoms with van der Waals surface area (Å²) in [5.41, 5.74) is 1.06. The molecule has 0 aliphatic heterocycles. The molecule has 0 aromatic heterocycles. The zero-order valence-corrected chi connectivity index (χ0v) is 15.7. The van der Waals surface area contributed by atoms with Gasteiger partial charge in [0, 0.05) is 11.1 Å². The highest BCUT2D eigenvalue weighted by Gasteiger charge is 2.28. The van der Waals surface area contributed by atoms with Crippen LogP contribution in [0.25, 0.3) is 0 Å². The van der Waals surface area contributed by atoms with Gasteiger partial charge in [0.05, 0.1) is 6.61 Å². The molecule has 0 amide bonds. The summed E-state index contributed by atoms with van der Waals surface area (Å²) in [7, 11) is 0. The maximum absolute atomic E-state index is 11.7. The average Bonchev–Trinajstić information content (AvgIpc) is 2.58. The quantitative estimate of drug-likeness (QED) is 0.362. The lowest BCUT2D eigenvalue weighted by molar-refractivity contribution is 0.0687. The number of aromatic hydroxyl groups is 2. The second-order valence-corrected chi connectivity index (χ2v) is 6.43. The molecule has 0 aliphatic carbocycles. The van der Waals surface area contributed by atoms with E-state index in [0.717, 1.165) is 50.5 Å². The number of phenols is 2. The van der Waals surface area contributed by atoms with Crippen molar-refractivity contribution in [3.63, 3.8) is 0 Å². The molecule has 25 heavy (non-hydrogen) atoms. The van der Waals surface area contributed by atoms with Crippen LogP contribution in [0.3, 0.4) is 0 Å². The molecule has 0 atom stereocenters. The van der Waals surface area contributed by atoms with Gasteiger partial charge in [-0.05, 0) is 32.1 Å². The molecular weight excluding hydrogens is 320 g/mol. The number of phenolic OH excluding ortho intramolecular Hbond substituents is 1. The molecule has 5 heteroatoms. The van der Waals surface area contributed by atoms with Crippen molar-refractivity contribution < 1.29 is 24.9 Å². The summed E-state index contributed by atoms with van der Waals surface area (Å²) in [6.45, 7) is 6.52. The Labute approximate surface area is 150 Å². The predicted molar refractivity (Wildman–Crippen MR) is 99.0 cm³/mol. The van der Waals surface area contributed by atoms with Gasteiger partial charge >= 0.3 is 5.97 Å². The van der Waals surface area contributed by atoms with E-state index in [0.29, 0.717) is 25.0 Å². The molecule has 0 saturated heterocycles. The van der Waals surface area contributed by atoms with Gasteiger partial charge in [0.15, 0.2) is 11.5 Å². The van der Waals surface area contributed by atoms with Crippen molar-refractivity contribution in [2.45, 2.75) is 78.6 Å². The molecular formula is C20H32O5. The fourth-order valence-electron chi connectivity index (χ4n) is 3.00. The Balaban J connectivity index is 3.44. The number of unbranched alkanes of at least 4 members (excludes halogenated alkanes) is 4. The van der Waals surface area contributed by atoms with Crippen LogP contribution in [0, 0.1) is 0 Å². The number of hydrogen-bond donors (Lipinski definition) is 3. The van der Waals surface area contributed by atoms with Crippen LogP contribution in [-0.4, -0.2) is 27.9 Å². The molecule has 142 valence electrons. The lowest BCUT2D eigenvalue weighted by Gasteiger charge is -2.20. The molecule has 0 aliphatic rings. The molecule has 1 aromatic rings. The summed E-state index contributed by atoms with van der Waals surface area (Å²) in [6, 6.07) is 0. The van der Waals surface area contributed by atoms with Crippen LogP contribution in [0.15, 0.2) is 0 Å². The van der Waals surface area contributed by atoms with Gasteiger partial charge in [0.1, 0.15) is 11.3 Å². The van der Waals surface area contributed by atoms with E-state index in [1.54, 1.807) is 0 Å². The molecule has 0 fully saturated rings. The minimum atomic E-state index is -1.28. The Kier molecular flexibility index (Phi) is 9.17. The van der Waals surface area contributed by atoms with Gasteiger partial charge in [-0.2, -0.15) is 0 Å². The number of benzene rings is 1. The largest absolute Gasteiger partial charge is 0.504 e. The highest BCUT2D eigenvalue weighted by Crippen LogP contribution is 2.44. The van der Waals surface area contributed by atoms with Crippen molar-refractivity contribution in [1.82, 2.24) is 0 Å². The number of rotatable bonds is 12. The third kappa shape index (κ3) is 5.55. The zero-order valence-electron chi connectivity index (χ0n) is 15.7. The Bertz CT molecular complexity index is 566. The Morgan fingerprint density at radius 1 is 0.840 bits per heavy atom. The molecule has 0 bridgehead atoms. The fraction of sp³-hybridized carbons (Fsp3) is 0.650. The molecule has 0 heterocycles. The molecule has 3 N–H and O–H groups in total.